The minimum atomic E-state index is -0.449. The molecule has 6 heteroatoms. The van der Waals surface area contributed by atoms with E-state index in [4.69, 9.17) is 18.0 Å². The normalized spacial score (nSPS) is 12.2. The fourth-order valence-corrected chi connectivity index (χ4v) is 1.69. The first-order valence-corrected chi connectivity index (χ1v) is 6.33. The monoisotopic (exact) mass is 283 g/mol. The van der Waals surface area contributed by atoms with E-state index in [1.165, 1.54) is 12.1 Å². The molecule has 0 radical (unpaired) electrons. The van der Waals surface area contributed by atoms with Crippen LogP contribution in [0.15, 0.2) is 24.3 Å². The first kappa shape index (κ1) is 15.5. The molecule has 1 atom stereocenters. The molecule has 0 saturated carbocycles. The summed E-state index contributed by atoms with van der Waals surface area (Å²) in [5.74, 6) is -0.695. The first-order valence-electron chi connectivity index (χ1n) is 5.92. The molecular formula is C13H18FN3OS. The van der Waals surface area contributed by atoms with Gasteiger partial charge in [0.25, 0.3) is 0 Å². The molecule has 1 rings (SSSR count). The van der Waals surface area contributed by atoms with Crippen molar-refractivity contribution in [3.05, 3.63) is 30.1 Å². The summed E-state index contributed by atoms with van der Waals surface area (Å²) < 4.78 is 13.3. The van der Waals surface area contributed by atoms with Crippen LogP contribution in [0.2, 0.25) is 0 Å². The molecule has 4 nitrogen and oxygen atoms in total. The lowest BCUT2D eigenvalue weighted by Crippen LogP contribution is -2.36. The molecule has 1 aromatic carbocycles. The Bertz CT molecular complexity index is 467. The maximum atomic E-state index is 13.3. The molecule has 0 saturated heterocycles. The van der Waals surface area contributed by atoms with Crippen molar-refractivity contribution >= 4 is 28.8 Å². The SMILES string of the molecule is CC(CN(C)CC(=O)Nc1ccccc1F)C(N)=S. The van der Waals surface area contributed by atoms with Crippen LogP contribution in [0.25, 0.3) is 0 Å². The van der Waals surface area contributed by atoms with Crippen molar-refractivity contribution in [1.29, 1.82) is 0 Å². The molecule has 1 unspecified atom stereocenters. The van der Waals surface area contributed by atoms with E-state index in [-0.39, 0.29) is 24.1 Å². The lowest BCUT2D eigenvalue weighted by Gasteiger charge is -2.20. The van der Waals surface area contributed by atoms with Gasteiger partial charge in [-0.05, 0) is 19.2 Å². The van der Waals surface area contributed by atoms with E-state index in [2.05, 4.69) is 5.32 Å². The van der Waals surface area contributed by atoms with Crippen molar-refractivity contribution in [2.75, 3.05) is 25.5 Å². The van der Waals surface area contributed by atoms with Crippen molar-refractivity contribution in [3.63, 3.8) is 0 Å². The maximum absolute atomic E-state index is 13.3. The van der Waals surface area contributed by atoms with Gasteiger partial charge in [-0.3, -0.25) is 9.69 Å². The fraction of sp³-hybridized carbons (Fsp3) is 0.385. The zero-order valence-corrected chi connectivity index (χ0v) is 11.8. The molecular weight excluding hydrogens is 265 g/mol. The van der Waals surface area contributed by atoms with E-state index >= 15 is 0 Å². The number of carbonyl (C=O) groups is 1. The summed E-state index contributed by atoms with van der Waals surface area (Å²) in [7, 11) is 1.79. The predicted octanol–water partition coefficient (Wildman–Crippen LogP) is 1.62. The molecule has 1 amide bonds. The van der Waals surface area contributed by atoms with Gasteiger partial charge in [-0.15, -0.1) is 0 Å². The van der Waals surface area contributed by atoms with E-state index in [1.807, 2.05) is 6.92 Å². The second-order valence-corrected chi connectivity index (χ2v) is 5.00. The van der Waals surface area contributed by atoms with Gasteiger partial charge in [-0.2, -0.15) is 0 Å². The van der Waals surface area contributed by atoms with Crippen LogP contribution in [0.3, 0.4) is 0 Å². The van der Waals surface area contributed by atoms with Gasteiger partial charge in [0.2, 0.25) is 5.91 Å². The topological polar surface area (TPSA) is 58.4 Å². The summed E-state index contributed by atoms with van der Waals surface area (Å²) >= 11 is 4.87. The van der Waals surface area contributed by atoms with Gasteiger partial charge in [0.1, 0.15) is 5.82 Å². The third-order valence-electron chi connectivity index (χ3n) is 2.63. The van der Waals surface area contributed by atoms with Crippen LogP contribution in [-0.4, -0.2) is 35.9 Å². The van der Waals surface area contributed by atoms with E-state index in [0.717, 1.165) is 0 Å². The Morgan fingerprint density at radius 1 is 1.53 bits per heavy atom. The Hall–Kier alpha value is -1.53. The third-order valence-corrected chi connectivity index (χ3v) is 3.04. The molecule has 0 aliphatic rings. The number of halogens is 1. The van der Waals surface area contributed by atoms with Gasteiger partial charge < -0.3 is 11.1 Å². The number of amides is 1. The molecule has 104 valence electrons. The van der Waals surface area contributed by atoms with Crippen LogP contribution in [0, 0.1) is 11.7 Å². The highest BCUT2D eigenvalue weighted by Gasteiger charge is 2.13. The second-order valence-electron chi connectivity index (χ2n) is 4.53. The summed E-state index contributed by atoms with van der Waals surface area (Å²) in [4.78, 5) is 14.0. The molecule has 0 spiro atoms. The lowest BCUT2D eigenvalue weighted by molar-refractivity contribution is -0.117. The highest BCUT2D eigenvalue weighted by molar-refractivity contribution is 7.80. The molecule has 0 aliphatic heterocycles. The van der Waals surface area contributed by atoms with Gasteiger partial charge >= 0.3 is 0 Å². The number of hydrogen-bond acceptors (Lipinski definition) is 3. The Kier molecular flexibility index (Phi) is 5.85. The number of nitrogens with two attached hydrogens (primary N) is 1. The number of anilines is 1. The van der Waals surface area contributed by atoms with Crippen molar-refractivity contribution in [3.8, 4) is 0 Å². The lowest BCUT2D eigenvalue weighted by atomic mass is 10.2. The third kappa shape index (κ3) is 5.32. The largest absolute Gasteiger partial charge is 0.393 e. The maximum Gasteiger partial charge on any atom is 0.238 e. The van der Waals surface area contributed by atoms with Crippen molar-refractivity contribution in [2.24, 2.45) is 11.7 Å². The number of nitrogens with zero attached hydrogens (tertiary/aromatic N) is 1. The quantitative estimate of drug-likeness (QED) is 0.779. The van der Waals surface area contributed by atoms with Crippen LogP contribution in [-0.2, 0) is 4.79 Å². The average Bonchev–Trinajstić information content (AvgIpc) is 2.31. The number of rotatable bonds is 6. The summed E-state index contributed by atoms with van der Waals surface area (Å²) in [6.07, 6.45) is 0. The Morgan fingerprint density at radius 3 is 2.74 bits per heavy atom. The number of thiocarbonyl (C=S) groups is 1. The molecule has 0 aliphatic carbocycles. The van der Waals surface area contributed by atoms with Crippen molar-refractivity contribution in [2.45, 2.75) is 6.92 Å². The van der Waals surface area contributed by atoms with Crippen molar-refractivity contribution < 1.29 is 9.18 Å². The highest BCUT2D eigenvalue weighted by atomic mass is 32.1. The van der Waals surface area contributed by atoms with Crippen LogP contribution in [0.4, 0.5) is 10.1 Å². The Balaban J connectivity index is 2.47. The smallest absolute Gasteiger partial charge is 0.238 e. The molecule has 19 heavy (non-hydrogen) atoms. The standard InChI is InChI=1S/C13H18FN3OS/c1-9(13(15)19)7-17(2)8-12(18)16-11-6-4-3-5-10(11)14/h3-6,9H,7-8H2,1-2H3,(H2,15,19)(H,16,18). The highest BCUT2D eigenvalue weighted by Crippen LogP contribution is 2.12. The summed E-state index contributed by atoms with van der Waals surface area (Å²) in [6.45, 7) is 2.63. The summed E-state index contributed by atoms with van der Waals surface area (Å²) in [6, 6.07) is 6.05. The fourth-order valence-electron chi connectivity index (χ4n) is 1.62. The number of hydrogen-bond donors (Lipinski definition) is 2. The van der Waals surface area contributed by atoms with Crippen molar-refractivity contribution in [1.82, 2.24) is 4.90 Å². The Morgan fingerprint density at radius 2 is 2.16 bits per heavy atom. The van der Waals surface area contributed by atoms with Crippen LogP contribution in [0.1, 0.15) is 6.92 Å². The van der Waals surface area contributed by atoms with Gasteiger partial charge in [-0.1, -0.05) is 31.3 Å². The average molecular weight is 283 g/mol. The number of benzene rings is 1. The minimum absolute atomic E-state index is 0.0289. The first-order chi connectivity index (χ1) is 8.90. The number of carbonyl (C=O) groups excluding carboxylic acids is 1. The molecule has 0 fully saturated rings. The van der Waals surface area contributed by atoms with Crippen LogP contribution >= 0.6 is 12.2 Å². The van der Waals surface area contributed by atoms with Gasteiger partial charge in [0.05, 0.1) is 17.2 Å². The zero-order valence-electron chi connectivity index (χ0n) is 11.0. The molecule has 0 bridgehead atoms. The minimum Gasteiger partial charge on any atom is -0.393 e. The summed E-state index contributed by atoms with van der Waals surface area (Å²) in [5, 5.41) is 2.52. The van der Waals surface area contributed by atoms with Crippen LogP contribution in [0.5, 0.6) is 0 Å². The van der Waals surface area contributed by atoms with Crippen LogP contribution < -0.4 is 11.1 Å². The molecule has 1 aromatic rings. The summed E-state index contributed by atoms with van der Waals surface area (Å²) in [5.41, 5.74) is 5.70. The van der Waals surface area contributed by atoms with Gasteiger partial charge in [0, 0.05) is 12.5 Å². The molecule has 0 heterocycles. The second kappa shape index (κ2) is 7.16. The molecule has 0 aromatic heterocycles. The van der Waals surface area contributed by atoms with Gasteiger partial charge in [-0.25, -0.2) is 4.39 Å². The predicted molar refractivity (Wildman–Crippen MR) is 78.5 cm³/mol. The molecule has 3 N–H and O–H groups in total. The van der Waals surface area contributed by atoms with E-state index in [9.17, 15) is 9.18 Å². The number of nitrogens with one attached hydrogen (secondary N) is 1. The van der Waals surface area contributed by atoms with E-state index in [0.29, 0.717) is 11.5 Å². The Labute approximate surface area is 117 Å². The number of para-hydroxylation sites is 1. The van der Waals surface area contributed by atoms with E-state index < -0.39 is 5.82 Å². The number of likely N-dealkylation sites (N-methyl/N-ethyl adjacent to an activating group) is 1. The van der Waals surface area contributed by atoms with Gasteiger partial charge in [0.15, 0.2) is 0 Å². The zero-order chi connectivity index (χ0) is 14.4. The van der Waals surface area contributed by atoms with E-state index in [1.54, 1.807) is 24.1 Å².